The lowest BCUT2D eigenvalue weighted by Gasteiger charge is -2.10. The maximum absolute atomic E-state index is 5.95. The highest BCUT2D eigenvalue weighted by molar-refractivity contribution is 5.78. The zero-order valence-electron chi connectivity index (χ0n) is 17.6. The monoisotopic (exact) mass is 421 g/mol. The predicted molar refractivity (Wildman–Crippen MR) is 123 cm³/mol. The number of rotatable bonds is 8. The molecule has 5 aromatic rings. The van der Waals surface area contributed by atoms with Crippen molar-refractivity contribution in [1.29, 1.82) is 0 Å². The molecular weight excluding hydrogens is 398 g/mol. The number of tetrazole rings is 1. The summed E-state index contributed by atoms with van der Waals surface area (Å²) in [6.07, 6.45) is 2.59. The van der Waals surface area contributed by atoms with Gasteiger partial charge in [-0.05, 0) is 53.8 Å². The fourth-order valence-corrected chi connectivity index (χ4v) is 3.78. The Morgan fingerprint density at radius 1 is 0.750 bits per heavy atom. The second kappa shape index (κ2) is 9.39. The van der Waals surface area contributed by atoms with E-state index in [1.807, 2.05) is 36.4 Å². The van der Waals surface area contributed by atoms with E-state index in [4.69, 9.17) is 4.74 Å². The normalized spacial score (nSPS) is 11.0. The number of pyridine rings is 1. The molecule has 0 bridgehead atoms. The van der Waals surface area contributed by atoms with Crippen molar-refractivity contribution in [3.8, 4) is 5.75 Å². The van der Waals surface area contributed by atoms with Crippen molar-refractivity contribution in [2.45, 2.75) is 25.9 Å². The van der Waals surface area contributed by atoms with Crippen molar-refractivity contribution in [3.05, 3.63) is 113 Å². The van der Waals surface area contributed by atoms with Crippen molar-refractivity contribution in [2.24, 2.45) is 0 Å². The highest BCUT2D eigenvalue weighted by Crippen LogP contribution is 2.19. The van der Waals surface area contributed by atoms with Crippen LogP contribution >= 0.6 is 0 Å². The molecule has 6 nitrogen and oxygen atoms in total. The number of benzene rings is 3. The van der Waals surface area contributed by atoms with E-state index in [9.17, 15) is 0 Å². The lowest BCUT2D eigenvalue weighted by Crippen LogP contribution is -2.00. The van der Waals surface area contributed by atoms with Crippen LogP contribution < -0.4 is 4.74 Å². The van der Waals surface area contributed by atoms with Gasteiger partial charge in [-0.3, -0.25) is 0 Å². The highest BCUT2D eigenvalue weighted by atomic mass is 16.5. The lowest BCUT2D eigenvalue weighted by atomic mass is 9.98. The van der Waals surface area contributed by atoms with Crippen LogP contribution in [0.15, 0.2) is 84.9 Å². The molecule has 0 aliphatic carbocycles. The number of aromatic amines is 1. The van der Waals surface area contributed by atoms with Crippen molar-refractivity contribution >= 4 is 10.9 Å². The molecule has 0 saturated carbocycles. The molecule has 0 aliphatic rings. The number of nitrogens with zero attached hydrogens (tertiary/aromatic N) is 4. The minimum atomic E-state index is 0.452. The van der Waals surface area contributed by atoms with Crippen LogP contribution in [0.3, 0.4) is 0 Å². The molecule has 0 saturated heterocycles. The fraction of sp³-hybridized carbons (Fsp3) is 0.154. The van der Waals surface area contributed by atoms with Crippen LogP contribution in [0.1, 0.15) is 28.2 Å². The Morgan fingerprint density at radius 2 is 1.56 bits per heavy atom. The van der Waals surface area contributed by atoms with Gasteiger partial charge >= 0.3 is 0 Å². The number of hydrogen-bond acceptors (Lipinski definition) is 5. The van der Waals surface area contributed by atoms with Crippen molar-refractivity contribution in [1.82, 2.24) is 25.6 Å². The number of ether oxygens (including phenoxy) is 1. The zero-order valence-corrected chi connectivity index (χ0v) is 17.6. The third-order valence-electron chi connectivity index (χ3n) is 5.51. The van der Waals surface area contributed by atoms with Gasteiger partial charge in [0, 0.05) is 11.8 Å². The summed E-state index contributed by atoms with van der Waals surface area (Å²) in [5, 5.41) is 15.4. The van der Waals surface area contributed by atoms with Gasteiger partial charge in [-0.2, -0.15) is 5.21 Å². The summed E-state index contributed by atoms with van der Waals surface area (Å²) >= 11 is 0. The molecule has 0 aliphatic heterocycles. The molecule has 6 heteroatoms. The van der Waals surface area contributed by atoms with Gasteiger partial charge in [0.05, 0.1) is 11.2 Å². The molecule has 2 aromatic heterocycles. The Kier molecular flexibility index (Phi) is 5.83. The van der Waals surface area contributed by atoms with Crippen LogP contribution in [0.2, 0.25) is 0 Å². The first-order valence-corrected chi connectivity index (χ1v) is 10.7. The second-order valence-corrected chi connectivity index (χ2v) is 7.70. The van der Waals surface area contributed by atoms with Gasteiger partial charge in [0.15, 0.2) is 5.82 Å². The van der Waals surface area contributed by atoms with Gasteiger partial charge in [0.25, 0.3) is 0 Å². The highest BCUT2D eigenvalue weighted by Gasteiger charge is 2.07. The average molecular weight is 422 g/mol. The molecule has 0 radical (unpaired) electrons. The van der Waals surface area contributed by atoms with Crippen LogP contribution in [-0.4, -0.2) is 25.6 Å². The molecular formula is C26H23N5O. The van der Waals surface area contributed by atoms with E-state index >= 15 is 0 Å². The minimum absolute atomic E-state index is 0.452. The van der Waals surface area contributed by atoms with Crippen molar-refractivity contribution < 1.29 is 4.74 Å². The van der Waals surface area contributed by atoms with Gasteiger partial charge < -0.3 is 4.74 Å². The first kappa shape index (κ1) is 19.9. The molecule has 32 heavy (non-hydrogen) atoms. The number of aryl methyl sites for hydroxylation is 2. The van der Waals surface area contributed by atoms with Crippen molar-refractivity contribution in [2.75, 3.05) is 0 Å². The Hall–Kier alpha value is -4.06. The maximum Gasteiger partial charge on any atom is 0.178 e. The number of hydrogen-bond donors (Lipinski definition) is 1. The van der Waals surface area contributed by atoms with Crippen LogP contribution in [0.25, 0.3) is 10.9 Å². The van der Waals surface area contributed by atoms with Crippen LogP contribution in [-0.2, 0) is 25.9 Å². The summed E-state index contributed by atoms with van der Waals surface area (Å²) in [4.78, 5) is 4.67. The fourth-order valence-electron chi connectivity index (χ4n) is 3.78. The van der Waals surface area contributed by atoms with Gasteiger partial charge in [0.2, 0.25) is 0 Å². The second-order valence-electron chi connectivity index (χ2n) is 7.70. The summed E-state index contributed by atoms with van der Waals surface area (Å²) in [5.41, 5.74) is 5.72. The minimum Gasteiger partial charge on any atom is -0.487 e. The van der Waals surface area contributed by atoms with E-state index in [1.165, 1.54) is 16.7 Å². The summed E-state index contributed by atoms with van der Waals surface area (Å²) in [5.74, 6) is 1.56. The van der Waals surface area contributed by atoms with Gasteiger partial charge in [-0.15, -0.1) is 10.2 Å². The van der Waals surface area contributed by atoms with E-state index in [2.05, 4.69) is 74.1 Å². The molecule has 3 aromatic carbocycles. The van der Waals surface area contributed by atoms with Gasteiger partial charge in [-0.1, -0.05) is 65.9 Å². The lowest BCUT2D eigenvalue weighted by molar-refractivity contribution is 0.301. The first-order valence-electron chi connectivity index (χ1n) is 10.7. The molecule has 0 fully saturated rings. The average Bonchev–Trinajstić information content (AvgIpc) is 3.36. The number of H-pyrrole nitrogens is 1. The summed E-state index contributed by atoms with van der Waals surface area (Å²) in [7, 11) is 0. The molecule has 0 atom stereocenters. The van der Waals surface area contributed by atoms with Crippen LogP contribution in [0.4, 0.5) is 0 Å². The summed E-state index contributed by atoms with van der Waals surface area (Å²) < 4.78 is 5.95. The number of fused-ring (bicyclic) bond motifs is 1. The Morgan fingerprint density at radius 3 is 2.41 bits per heavy atom. The molecule has 0 amide bonds. The Bertz CT molecular complexity index is 1300. The molecule has 1 N–H and O–H groups in total. The molecule has 0 spiro atoms. The molecule has 5 rings (SSSR count). The van der Waals surface area contributed by atoms with E-state index in [0.29, 0.717) is 18.9 Å². The molecule has 0 unspecified atom stereocenters. The largest absolute Gasteiger partial charge is 0.487 e. The predicted octanol–water partition coefficient (Wildman–Crippen LogP) is 4.70. The third-order valence-corrected chi connectivity index (χ3v) is 5.51. The maximum atomic E-state index is 5.95. The van der Waals surface area contributed by atoms with E-state index in [0.717, 1.165) is 35.2 Å². The quantitative estimate of drug-likeness (QED) is 0.393. The van der Waals surface area contributed by atoms with Crippen molar-refractivity contribution in [3.63, 3.8) is 0 Å². The zero-order chi connectivity index (χ0) is 21.6. The topological polar surface area (TPSA) is 76.6 Å². The van der Waals surface area contributed by atoms with Gasteiger partial charge in [-0.25, -0.2) is 4.98 Å². The van der Waals surface area contributed by atoms with Crippen LogP contribution in [0, 0.1) is 0 Å². The third kappa shape index (κ3) is 4.81. The van der Waals surface area contributed by atoms with E-state index in [1.54, 1.807) is 0 Å². The Labute approximate surface area is 186 Å². The standard InChI is InChI=1S/C26H23N5O/c1-2-7-22(17-26-28-30-31-29-26)20(5-1)12-9-19-10-15-24(16-11-19)32-18-23-14-13-21-6-3-4-8-25(21)27-23/h1-8,10-11,13-16H,9,12,17-18H2,(H,28,29,30,31). The SMILES string of the molecule is c1ccc(Cc2nn[nH]n2)c(CCc2ccc(OCc3ccc4ccccc4n3)cc2)c1. The van der Waals surface area contributed by atoms with E-state index in [-0.39, 0.29) is 0 Å². The molecule has 2 heterocycles. The summed E-state index contributed by atoms with van der Waals surface area (Å²) in [6.45, 7) is 0.452. The number of aromatic nitrogens is 5. The number of nitrogens with one attached hydrogen (secondary N) is 1. The smallest absolute Gasteiger partial charge is 0.178 e. The molecule has 158 valence electrons. The number of para-hydroxylation sites is 1. The van der Waals surface area contributed by atoms with E-state index < -0.39 is 0 Å². The summed E-state index contributed by atoms with van der Waals surface area (Å²) in [6, 6.07) is 29.0. The first-order chi connectivity index (χ1) is 15.8. The Balaban J connectivity index is 1.18. The van der Waals surface area contributed by atoms with Crippen LogP contribution in [0.5, 0.6) is 5.75 Å². The van der Waals surface area contributed by atoms with Gasteiger partial charge in [0.1, 0.15) is 12.4 Å².